The third-order valence-corrected chi connectivity index (χ3v) is 3.11. The smallest absolute Gasteiger partial charge is 0.216 e. The van der Waals surface area contributed by atoms with Crippen LogP contribution in [-0.2, 0) is 9.53 Å². The average molecular weight is 272 g/mol. The zero-order valence-electron chi connectivity index (χ0n) is 13.0. The van der Waals surface area contributed by atoms with Gasteiger partial charge in [0.15, 0.2) is 0 Å². The van der Waals surface area contributed by atoms with Crippen molar-refractivity contribution in [1.29, 1.82) is 0 Å². The molecule has 0 aromatic heterocycles. The second-order valence-corrected chi connectivity index (χ2v) is 5.00. The van der Waals surface area contributed by atoms with Gasteiger partial charge >= 0.3 is 0 Å². The van der Waals surface area contributed by atoms with Crippen LogP contribution in [0.15, 0.2) is 0 Å². The summed E-state index contributed by atoms with van der Waals surface area (Å²) in [5.41, 5.74) is 0. The van der Waals surface area contributed by atoms with E-state index in [1.54, 1.807) is 6.92 Å². The Morgan fingerprint density at radius 2 is 1.68 bits per heavy atom. The minimum Gasteiger partial charge on any atom is -0.379 e. The monoisotopic (exact) mass is 272 g/mol. The standard InChI is InChI=1S/C8H16N2O2.C7H16/c1-8(11)9-2-3-10-4-6-12-7-5-10;1-3-5-7-6-4-2/h2-7H2,1H3,(H,9,11);3-7H2,1-2H3. The van der Waals surface area contributed by atoms with Crippen molar-refractivity contribution in [3.05, 3.63) is 0 Å². The van der Waals surface area contributed by atoms with Crippen molar-refractivity contribution in [2.45, 2.75) is 52.9 Å². The Bertz CT molecular complexity index is 200. The fourth-order valence-corrected chi connectivity index (χ4v) is 1.89. The third kappa shape index (κ3) is 13.6. The largest absolute Gasteiger partial charge is 0.379 e. The molecule has 0 saturated carbocycles. The van der Waals surface area contributed by atoms with Crippen molar-refractivity contribution in [2.75, 3.05) is 39.4 Å². The fraction of sp³-hybridized carbons (Fsp3) is 0.933. The second kappa shape index (κ2) is 13.8. The molecule has 1 heterocycles. The van der Waals surface area contributed by atoms with Gasteiger partial charge in [0, 0.05) is 33.1 Å². The van der Waals surface area contributed by atoms with Crippen LogP contribution in [0.25, 0.3) is 0 Å². The number of amides is 1. The summed E-state index contributed by atoms with van der Waals surface area (Å²) in [4.78, 5) is 12.8. The molecule has 0 aromatic rings. The molecule has 1 fully saturated rings. The van der Waals surface area contributed by atoms with Crippen molar-refractivity contribution in [1.82, 2.24) is 10.2 Å². The first-order valence-corrected chi connectivity index (χ1v) is 7.75. The summed E-state index contributed by atoms with van der Waals surface area (Å²) in [7, 11) is 0. The summed E-state index contributed by atoms with van der Waals surface area (Å²) in [5, 5.41) is 2.77. The molecule has 1 saturated heterocycles. The molecular weight excluding hydrogens is 240 g/mol. The number of ether oxygens (including phenoxy) is 1. The van der Waals surface area contributed by atoms with Crippen LogP contribution >= 0.6 is 0 Å². The average Bonchev–Trinajstić information content (AvgIpc) is 2.41. The molecule has 0 aromatic carbocycles. The Morgan fingerprint density at radius 1 is 1.11 bits per heavy atom. The minimum atomic E-state index is 0.0447. The lowest BCUT2D eigenvalue weighted by molar-refractivity contribution is -0.119. The fourth-order valence-electron chi connectivity index (χ4n) is 1.89. The predicted molar refractivity (Wildman–Crippen MR) is 80.4 cm³/mol. The summed E-state index contributed by atoms with van der Waals surface area (Å²) < 4.78 is 5.20. The van der Waals surface area contributed by atoms with E-state index in [2.05, 4.69) is 24.1 Å². The first-order chi connectivity index (χ1) is 9.20. The summed E-state index contributed by atoms with van der Waals surface area (Å²) in [6.07, 6.45) is 7.01. The predicted octanol–water partition coefficient (Wildman–Crippen LogP) is 2.43. The van der Waals surface area contributed by atoms with Crippen LogP contribution in [0.4, 0.5) is 0 Å². The number of carbonyl (C=O) groups excluding carboxylic acids is 1. The minimum absolute atomic E-state index is 0.0447. The first-order valence-electron chi connectivity index (χ1n) is 7.75. The van der Waals surface area contributed by atoms with Gasteiger partial charge < -0.3 is 10.1 Å². The molecule has 1 aliphatic rings. The Hall–Kier alpha value is -0.610. The van der Waals surface area contributed by atoms with Crippen molar-refractivity contribution in [3.63, 3.8) is 0 Å². The van der Waals surface area contributed by atoms with Crippen molar-refractivity contribution in [3.8, 4) is 0 Å². The van der Waals surface area contributed by atoms with Crippen molar-refractivity contribution < 1.29 is 9.53 Å². The highest BCUT2D eigenvalue weighted by atomic mass is 16.5. The molecule has 0 aliphatic carbocycles. The number of rotatable bonds is 7. The molecule has 0 radical (unpaired) electrons. The van der Waals surface area contributed by atoms with Crippen molar-refractivity contribution in [2.24, 2.45) is 0 Å². The molecule has 1 rings (SSSR count). The number of nitrogens with one attached hydrogen (secondary N) is 1. The van der Waals surface area contributed by atoms with Gasteiger partial charge in [-0.25, -0.2) is 0 Å². The number of nitrogens with zero attached hydrogens (tertiary/aromatic N) is 1. The molecule has 0 atom stereocenters. The summed E-state index contributed by atoms with van der Waals surface area (Å²) in [6.45, 7) is 11.3. The van der Waals surface area contributed by atoms with E-state index in [0.717, 1.165) is 39.4 Å². The van der Waals surface area contributed by atoms with Gasteiger partial charge in [0.2, 0.25) is 5.91 Å². The maximum Gasteiger partial charge on any atom is 0.216 e. The van der Waals surface area contributed by atoms with Crippen LogP contribution in [0.5, 0.6) is 0 Å². The second-order valence-electron chi connectivity index (χ2n) is 5.00. The van der Waals surface area contributed by atoms with E-state index in [0.29, 0.717) is 0 Å². The number of carbonyl (C=O) groups is 1. The molecule has 1 aliphatic heterocycles. The van der Waals surface area contributed by atoms with Gasteiger partial charge in [-0.1, -0.05) is 46.0 Å². The Balaban J connectivity index is 0.000000399. The van der Waals surface area contributed by atoms with Crippen LogP contribution in [0.2, 0.25) is 0 Å². The molecule has 1 N–H and O–H groups in total. The maximum absolute atomic E-state index is 10.5. The lowest BCUT2D eigenvalue weighted by Gasteiger charge is -2.26. The van der Waals surface area contributed by atoms with E-state index in [1.807, 2.05) is 0 Å². The lowest BCUT2D eigenvalue weighted by Crippen LogP contribution is -2.40. The molecule has 1 amide bonds. The summed E-state index contributed by atoms with van der Waals surface area (Å²) in [6, 6.07) is 0. The maximum atomic E-state index is 10.5. The van der Waals surface area contributed by atoms with Gasteiger partial charge in [-0.05, 0) is 0 Å². The van der Waals surface area contributed by atoms with Crippen LogP contribution in [0.1, 0.15) is 52.9 Å². The van der Waals surface area contributed by atoms with E-state index in [9.17, 15) is 4.79 Å². The number of unbranched alkanes of at least 4 members (excludes halogenated alkanes) is 4. The van der Waals surface area contributed by atoms with Gasteiger partial charge in [0.1, 0.15) is 0 Å². The Kier molecular flexibility index (Phi) is 13.4. The van der Waals surface area contributed by atoms with E-state index < -0.39 is 0 Å². The van der Waals surface area contributed by atoms with Gasteiger partial charge in [0.25, 0.3) is 0 Å². The number of hydrogen-bond donors (Lipinski definition) is 1. The highest BCUT2D eigenvalue weighted by Gasteiger charge is 2.08. The summed E-state index contributed by atoms with van der Waals surface area (Å²) in [5.74, 6) is 0.0447. The van der Waals surface area contributed by atoms with E-state index in [1.165, 1.54) is 32.1 Å². The van der Waals surface area contributed by atoms with Gasteiger partial charge in [-0.2, -0.15) is 0 Å². The summed E-state index contributed by atoms with van der Waals surface area (Å²) >= 11 is 0. The van der Waals surface area contributed by atoms with Crippen LogP contribution in [-0.4, -0.2) is 50.2 Å². The number of morpholine rings is 1. The topological polar surface area (TPSA) is 41.6 Å². The van der Waals surface area contributed by atoms with Gasteiger partial charge in [0.05, 0.1) is 13.2 Å². The lowest BCUT2D eigenvalue weighted by atomic mass is 10.2. The zero-order chi connectivity index (χ0) is 14.3. The van der Waals surface area contributed by atoms with Crippen LogP contribution in [0.3, 0.4) is 0 Å². The van der Waals surface area contributed by atoms with E-state index >= 15 is 0 Å². The Labute approximate surface area is 118 Å². The Morgan fingerprint density at radius 3 is 2.16 bits per heavy atom. The zero-order valence-corrected chi connectivity index (χ0v) is 13.0. The first kappa shape index (κ1) is 18.4. The third-order valence-electron chi connectivity index (χ3n) is 3.11. The van der Waals surface area contributed by atoms with Gasteiger partial charge in [-0.3, -0.25) is 9.69 Å². The molecule has 4 nitrogen and oxygen atoms in total. The normalized spacial score (nSPS) is 15.5. The quantitative estimate of drug-likeness (QED) is 0.724. The highest BCUT2D eigenvalue weighted by molar-refractivity contribution is 5.72. The highest BCUT2D eigenvalue weighted by Crippen LogP contribution is 2.00. The molecule has 19 heavy (non-hydrogen) atoms. The molecular formula is C15H32N2O2. The van der Waals surface area contributed by atoms with Crippen LogP contribution in [0, 0.1) is 0 Å². The van der Waals surface area contributed by atoms with Crippen molar-refractivity contribution >= 4 is 5.91 Å². The molecule has 0 spiro atoms. The molecule has 4 heteroatoms. The van der Waals surface area contributed by atoms with E-state index in [-0.39, 0.29) is 5.91 Å². The van der Waals surface area contributed by atoms with E-state index in [4.69, 9.17) is 4.74 Å². The number of hydrogen-bond acceptors (Lipinski definition) is 3. The van der Waals surface area contributed by atoms with Gasteiger partial charge in [-0.15, -0.1) is 0 Å². The SMILES string of the molecule is CC(=O)NCCN1CCOCC1.CCCCCCC. The molecule has 0 unspecified atom stereocenters. The molecule has 114 valence electrons. The van der Waals surface area contributed by atoms with Crippen LogP contribution < -0.4 is 5.32 Å². The molecule has 0 bridgehead atoms.